The zero-order valence-corrected chi connectivity index (χ0v) is 14.7. The van der Waals surface area contributed by atoms with Crippen molar-refractivity contribution < 1.29 is 12.8 Å². The second kappa shape index (κ2) is 5.70. The number of nitrogens with one attached hydrogen (secondary N) is 2. The highest BCUT2D eigenvalue weighted by Gasteiger charge is 2.32. The zero-order valence-electron chi connectivity index (χ0n) is 13.9. The first-order chi connectivity index (χ1) is 11.5. The lowest BCUT2D eigenvalue weighted by Crippen LogP contribution is -2.33. The number of nitrogens with zero attached hydrogens (tertiary/aromatic N) is 2. The molecule has 8 heteroatoms. The molecule has 2 saturated carbocycles. The summed E-state index contributed by atoms with van der Waals surface area (Å²) in [6, 6.07) is 0.0389. The van der Waals surface area contributed by atoms with Crippen LogP contribution in [0, 0.1) is 13.8 Å². The number of sulfonamides is 1. The van der Waals surface area contributed by atoms with Gasteiger partial charge in [-0.3, -0.25) is 0 Å². The molecule has 0 amide bonds. The molecule has 130 valence electrons. The monoisotopic (exact) mass is 350 g/mol. The summed E-state index contributed by atoms with van der Waals surface area (Å²) in [5.74, 6) is 1.37. The van der Waals surface area contributed by atoms with Gasteiger partial charge in [0.1, 0.15) is 10.6 Å². The van der Waals surface area contributed by atoms with Crippen molar-refractivity contribution in [2.45, 2.75) is 69.2 Å². The Labute approximate surface area is 141 Å². The second-order valence-electron chi connectivity index (χ2n) is 6.90. The van der Waals surface area contributed by atoms with Crippen LogP contribution in [0.3, 0.4) is 0 Å². The Morgan fingerprint density at radius 1 is 1.12 bits per heavy atom. The van der Waals surface area contributed by atoms with E-state index in [0.717, 1.165) is 38.5 Å². The molecular weight excluding hydrogens is 328 g/mol. The number of aryl methyl sites for hydroxylation is 1. The van der Waals surface area contributed by atoms with Crippen molar-refractivity contribution in [1.82, 2.24) is 19.9 Å². The first-order valence-corrected chi connectivity index (χ1v) is 9.99. The predicted molar refractivity (Wildman–Crippen MR) is 88.1 cm³/mol. The molecular formula is C16H22N4O3S. The molecule has 0 spiro atoms. The Morgan fingerprint density at radius 3 is 2.50 bits per heavy atom. The van der Waals surface area contributed by atoms with Crippen molar-refractivity contribution in [3.8, 4) is 11.6 Å². The molecule has 24 heavy (non-hydrogen) atoms. The van der Waals surface area contributed by atoms with Gasteiger partial charge in [0.15, 0.2) is 0 Å². The van der Waals surface area contributed by atoms with Crippen LogP contribution in [0.5, 0.6) is 0 Å². The quantitative estimate of drug-likeness (QED) is 0.863. The van der Waals surface area contributed by atoms with E-state index in [1.54, 1.807) is 13.8 Å². The highest BCUT2D eigenvalue weighted by Crippen LogP contribution is 2.40. The van der Waals surface area contributed by atoms with Crippen LogP contribution in [-0.2, 0) is 10.0 Å². The minimum atomic E-state index is -3.56. The van der Waals surface area contributed by atoms with Crippen molar-refractivity contribution in [1.29, 1.82) is 0 Å². The maximum Gasteiger partial charge on any atom is 0.264 e. The van der Waals surface area contributed by atoms with Crippen LogP contribution in [0.15, 0.2) is 9.31 Å². The molecule has 2 aromatic heterocycles. The largest absolute Gasteiger partial charge is 0.419 e. The Balaban J connectivity index is 1.67. The van der Waals surface area contributed by atoms with Gasteiger partial charge in [-0.15, -0.1) is 10.2 Å². The summed E-state index contributed by atoms with van der Waals surface area (Å²) in [5.41, 5.74) is 1.82. The van der Waals surface area contributed by atoms with Crippen LogP contribution in [0.2, 0.25) is 0 Å². The summed E-state index contributed by atoms with van der Waals surface area (Å²) in [6.45, 7) is 3.54. The fourth-order valence-corrected chi connectivity index (χ4v) is 5.25. The van der Waals surface area contributed by atoms with E-state index in [4.69, 9.17) is 4.42 Å². The molecule has 0 atom stereocenters. The lowest BCUT2D eigenvalue weighted by atomic mass is 10.2. The van der Waals surface area contributed by atoms with Crippen molar-refractivity contribution in [2.75, 3.05) is 0 Å². The molecule has 2 heterocycles. The number of hydrogen-bond acceptors (Lipinski definition) is 5. The first-order valence-electron chi connectivity index (χ1n) is 8.51. The molecule has 0 aromatic carbocycles. The average Bonchev–Trinajstić information content (AvgIpc) is 2.93. The molecule has 2 aliphatic rings. The lowest BCUT2D eigenvalue weighted by molar-refractivity contribution is 0.507. The van der Waals surface area contributed by atoms with Gasteiger partial charge in [-0.1, -0.05) is 12.8 Å². The topological polar surface area (TPSA) is 101 Å². The van der Waals surface area contributed by atoms with Gasteiger partial charge in [0.25, 0.3) is 5.89 Å². The summed E-state index contributed by atoms with van der Waals surface area (Å²) < 4.78 is 34.2. The fourth-order valence-electron chi connectivity index (χ4n) is 3.50. The van der Waals surface area contributed by atoms with Crippen molar-refractivity contribution >= 4 is 10.0 Å². The Kier molecular flexibility index (Phi) is 3.76. The average molecular weight is 350 g/mol. The number of hydrogen-bond donors (Lipinski definition) is 2. The molecule has 2 aromatic rings. The van der Waals surface area contributed by atoms with Crippen LogP contribution in [0.4, 0.5) is 0 Å². The number of H-pyrrole nitrogens is 1. The van der Waals surface area contributed by atoms with E-state index >= 15 is 0 Å². The third kappa shape index (κ3) is 2.77. The zero-order chi connectivity index (χ0) is 16.9. The van der Waals surface area contributed by atoms with Gasteiger partial charge in [0, 0.05) is 17.7 Å². The van der Waals surface area contributed by atoms with Crippen molar-refractivity contribution in [2.24, 2.45) is 0 Å². The van der Waals surface area contributed by atoms with Gasteiger partial charge in [-0.2, -0.15) is 0 Å². The highest BCUT2D eigenvalue weighted by atomic mass is 32.2. The molecule has 2 fully saturated rings. The van der Waals surface area contributed by atoms with E-state index in [9.17, 15) is 8.42 Å². The molecule has 0 bridgehead atoms. The van der Waals surface area contributed by atoms with Gasteiger partial charge >= 0.3 is 0 Å². The van der Waals surface area contributed by atoms with Gasteiger partial charge in [0.05, 0.1) is 0 Å². The molecule has 0 saturated heterocycles. The van der Waals surface area contributed by atoms with E-state index in [1.807, 2.05) is 0 Å². The minimum absolute atomic E-state index is 0.0389. The van der Waals surface area contributed by atoms with Gasteiger partial charge < -0.3 is 9.40 Å². The standard InChI is InChI=1S/C16H22N4O3S/c1-9-13(16-19-18-15(23-16)11-7-8-11)17-10(2)14(9)24(21,22)20-12-5-3-4-6-12/h11-12,17,20H,3-8H2,1-2H3. The summed E-state index contributed by atoms with van der Waals surface area (Å²) in [4.78, 5) is 3.42. The lowest BCUT2D eigenvalue weighted by Gasteiger charge is -2.13. The van der Waals surface area contributed by atoms with Crippen LogP contribution in [0.1, 0.15) is 61.6 Å². The highest BCUT2D eigenvalue weighted by molar-refractivity contribution is 7.89. The molecule has 2 N–H and O–H groups in total. The summed E-state index contributed by atoms with van der Waals surface area (Å²) in [7, 11) is -3.56. The molecule has 0 unspecified atom stereocenters. The van der Waals surface area contributed by atoms with E-state index in [-0.39, 0.29) is 6.04 Å². The Hall–Kier alpha value is -1.67. The summed E-state index contributed by atoms with van der Waals surface area (Å²) in [6.07, 6.45) is 6.13. The van der Waals surface area contributed by atoms with Gasteiger partial charge in [0.2, 0.25) is 15.9 Å². The number of aromatic nitrogens is 3. The number of aromatic amines is 1. The first kappa shape index (κ1) is 15.8. The predicted octanol–water partition coefficient (Wildman–Crippen LogP) is 2.78. The van der Waals surface area contributed by atoms with Crippen LogP contribution < -0.4 is 4.72 Å². The van der Waals surface area contributed by atoms with Crippen molar-refractivity contribution in [3.63, 3.8) is 0 Å². The summed E-state index contributed by atoms with van der Waals surface area (Å²) >= 11 is 0. The van der Waals surface area contributed by atoms with E-state index in [0.29, 0.717) is 39.5 Å². The van der Waals surface area contributed by atoms with Gasteiger partial charge in [-0.25, -0.2) is 13.1 Å². The van der Waals surface area contributed by atoms with E-state index < -0.39 is 10.0 Å². The van der Waals surface area contributed by atoms with Crippen molar-refractivity contribution in [3.05, 3.63) is 17.1 Å². The fraction of sp³-hybridized carbons (Fsp3) is 0.625. The summed E-state index contributed by atoms with van der Waals surface area (Å²) in [5, 5.41) is 8.16. The van der Waals surface area contributed by atoms with Crippen LogP contribution >= 0.6 is 0 Å². The molecule has 2 aliphatic carbocycles. The molecule has 7 nitrogen and oxygen atoms in total. The third-order valence-electron chi connectivity index (χ3n) is 4.90. The maximum atomic E-state index is 12.8. The SMILES string of the molecule is Cc1[nH]c(-c2nnc(C3CC3)o2)c(C)c1S(=O)(=O)NC1CCCC1. The molecule has 4 rings (SSSR count). The molecule has 0 aliphatic heterocycles. The van der Waals surface area contributed by atoms with Crippen LogP contribution in [0.25, 0.3) is 11.6 Å². The third-order valence-corrected chi connectivity index (χ3v) is 6.69. The number of rotatable bonds is 5. The Bertz CT molecular complexity index is 858. The van der Waals surface area contributed by atoms with Crippen LogP contribution in [-0.4, -0.2) is 29.6 Å². The van der Waals surface area contributed by atoms with E-state index in [1.165, 1.54) is 0 Å². The smallest absolute Gasteiger partial charge is 0.264 e. The Morgan fingerprint density at radius 2 is 1.83 bits per heavy atom. The van der Waals surface area contributed by atoms with E-state index in [2.05, 4.69) is 19.9 Å². The minimum Gasteiger partial charge on any atom is -0.419 e. The maximum absolute atomic E-state index is 12.8. The normalized spacial score (nSPS) is 19.2. The molecule has 0 radical (unpaired) electrons. The van der Waals surface area contributed by atoms with Gasteiger partial charge in [-0.05, 0) is 45.1 Å². The second-order valence-corrected chi connectivity index (χ2v) is 8.55.